The van der Waals surface area contributed by atoms with Crippen molar-refractivity contribution >= 4 is 23.0 Å². The summed E-state index contributed by atoms with van der Waals surface area (Å²) in [5.41, 5.74) is 2.45. The maximum Gasteiger partial charge on any atom is 0.257 e. The van der Waals surface area contributed by atoms with E-state index in [1.807, 2.05) is 6.92 Å². The van der Waals surface area contributed by atoms with Gasteiger partial charge in [0.1, 0.15) is 5.82 Å². The number of aromatic nitrogens is 3. The van der Waals surface area contributed by atoms with Crippen LogP contribution in [-0.2, 0) is 0 Å². The van der Waals surface area contributed by atoms with Gasteiger partial charge in [0.15, 0.2) is 11.4 Å². The van der Waals surface area contributed by atoms with Crippen LogP contribution in [0.4, 0.5) is 5.69 Å². The largest absolute Gasteiger partial charge is 0.322 e. The molecule has 0 aliphatic carbocycles. The number of Topliss-reactive ketones (excluding diaryl/α,β-unsaturated/α-hetero) is 1. The first-order chi connectivity index (χ1) is 10.5. The van der Waals surface area contributed by atoms with Crippen molar-refractivity contribution < 1.29 is 9.59 Å². The van der Waals surface area contributed by atoms with Crippen LogP contribution in [0.5, 0.6) is 0 Å². The Morgan fingerprint density at radius 2 is 1.68 bits per heavy atom. The second kappa shape index (κ2) is 5.40. The van der Waals surface area contributed by atoms with Gasteiger partial charge in [-0.05, 0) is 50.2 Å². The van der Waals surface area contributed by atoms with Crippen molar-refractivity contribution in [1.82, 2.24) is 14.6 Å². The first kappa shape index (κ1) is 13.9. The zero-order valence-corrected chi connectivity index (χ0v) is 12.2. The number of rotatable bonds is 3. The van der Waals surface area contributed by atoms with Crippen molar-refractivity contribution in [2.24, 2.45) is 0 Å². The SMILES string of the molecule is CC(=O)c1ccc(NC(=O)c2ccc3nnc(C)n3c2)cc1. The number of pyridine rings is 1. The van der Waals surface area contributed by atoms with Gasteiger partial charge < -0.3 is 5.32 Å². The Hall–Kier alpha value is -3.02. The summed E-state index contributed by atoms with van der Waals surface area (Å²) in [5.74, 6) is 0.479. The average molecular weight is 294 g/mol. The molecule has 0 bridgehead atoms. The van der Waals surface area contributed by atoms with Crippen molar-refractivity contribution in [3.63, 3.8) is 0 Å². The third-order valence-corrected chi connectivity index (χ3v) is 3.38. The van der Waals surface area contributed by atoms with Gasteiger partial charge in [0.25, 0.3) is 5.91 Å². The Labute approximate surface area is 126 Å². The fourth-order valence-corrected chi connectivity index (χ4v) is 2.13. The van der Waals surface area contributed by atoms with Crippen molar-refractivity contribution in [3.8, 4) is 0 Å². The average Bonchev–Trinajstić information content (AvgIpc) is 2.88. The zero-order chi connectivity index (χ0) is 15.7. The second-order valence-electron chi connectivity index (χ2n) is 4.98. The van der Waals surface area contributed by atoms with E-state index in [1.165, 1.54) is 6.92 Å². The molecular formula is C16H14N4O2. The quantitative estimate of drug-likeness (QED) is 0.753. The molecule has 0 aliphatic heterocycles. The summed E-state index contributed by atoms with van der Waals surface area (Å²) in [6.45, 7) is 3.33. The number of amides is 1. The first-order valence-corrected chi connectivity index (χ1v) is 6.78. The fraction of sp³-hybridized carbons (Fsp3) is 0.125. The van der Waals surface area contributed by atoms with E-state index in [4.69, 9.17) is 0 Å². The molecule has 0 atom stereocenters. The highest BCUT2D eigenvalue weighted by molar-refractivity contribution is 6.04. The minimum absolute atomic E-state index is 0.00795. The van der Waals surface area contributed by atoms with Crippen molar-refractivity contribution in [2.75, 3.05) is 5.32 Å². The molecule has 0 fully saturated rings. The van der Waals surface area contributed by atoms with Gasteiger partial charge in [-0.15, -0.1) is 10.2 Å². The minimum atomic E-state index is -0.231. The minimum Gasteiger partial charge on any atom is -0.322 e. The van der Waals surface area contributed by atoms with Crippen LogP contribution in [0.3, 0.4) is 0 Å². The normalized spacial score (nSPS) is 10.6. The highest BCUT2D eigenvalue weighted by Gasteiger charge is 2.09. The molecule has 0 aliphatic rings. The number of nitrogens with one attached hydrogen (secondary N) is 1. The topological polar surface area (TPSA) is 76.4 Å². The predicted octanol–water partition coefficient (Wildman–Crippen LogP) is 2.49. The molecule has 3 aromatic rings. The fourth-order valence-electron chi connectivity index (χ4n) is 2.13. The Kier molecular flexibility index (Phi) is 3.42. The summed E-state index contributed by atoms with van der Waals surface area (Å²) in [7, 11) is 0. The summed E-state index contributed by atoms with van der Waals surface area (Å²) in [5, 5.41) is 10.7. The summed E-state index contributed by atoms with van der Waals surface area (Å²) in [4.78, 5) is 23.5. The Morgan fingerprint density at radius 1 is 1.00 bits per heavy atom. The lowest BCUT2D eigenvalue weighted by Gasteiger charge is -2.06. The molecule has 0 saturated heterocycles. The van der Waals surface area contributed by atoms with Gasteiger partial charge in [0.05, 0.1) is 5.56 Å². The van der Waals surface area contributed by atoms with Crippen LogP contribution in [0.25, 0.3) is 5.65 Å². The number of hydrogen-bond acceptors (Lipinski definition) is 4. The van der Waals surface area contributed by atoms with E-state index in [1.54, 1.807) is 47.0 Å². The van der Waals surface area contributed by atoms with Gasteiger partial charge in [-0.25, -0.2) is 0 Å². The number of benzene rings is 1. The van der Waals surface area contributed by atoms with Crippen LogP contribution < -0.4 is 5.32 Å². The molecule has 110 valence electrons. The Balaban J connectivity index is 1.83. The van der Waals surface area contributed by atoms with Crippen LogP contribution in [0.2, 0.25) is 0 Å². The number of nitrogens with zero attached hydrogens (tertiary/aromatic N) is 3. The monoisotopic (exact) mass is 294 g/mol. The van der Waals surface area contributed by atoms with Crippen molar-refractivity contribution in [2.45, 2.75) is 13.8 Å². The number of aryl methyl sites for hydroxylation is 1. The molecule has 0 unspecified atom stereocenters. The summed E-state index contributed by atoms with van der Waals surface area (Å²) in [6.07, 6.45) is 1.70. The first-order valence-electron chi connectivity index (χ1n) is 6.78. The molecule has 6 nitrogen and oxygen atoms in total. The van der Waals surface area contributed by atoms with Gasteiger partial charge in [0, 0.05) is 17.4 Å². The Morgan fingerprint density at radius 3 is 2.36 bits per heavy atom. The second-order valence-corrected chi connectivity index (χ2v) is 4.98. The molecule has 0 spiro atoms. The molecular weight excluding hydrogens is 280 g/mol. The van der Waals surface area contributed by atoms with Crippen LogP contribution in [0.1, 0.15) is 33.5 Å². The molecule has 2 heterocycles. The maximum atomic E-state index is 12.3. The van der Waals surface area contributed by atoms with Crippen molar-refractivity contribution in [1.29, 1.82) is 0 Å². The van der Waals surface area contributed by atoms with Crippen LogP contribution in [0.15, 0.2) is 42.6 Å². The highest BCUT2D eigenvalue weighted by Crippen LogP contribution is 2.13. The van der Waals surface area contributed by atoms with E-state index in [-0.39, 0.29) is 11.7 Å². The van der Waals surface area contributed by atoms with Gasteiger partial charge in [-0.2, -0.15) is 0 Å². The number of anilines is 1. The van der Waals surface area contributed by atoms with Gasteiger partial charge in [-0.3, -0.25) is 14.0 Å². The lowest BCUT2D eigenvalue weighted by atomic mass is 10.1. The van der Waals surface area contributed by atoms with E-state index in [0.717, 1.165) is 5.82 Å². The zero-order valence-electron chi connectivity index (χ0n) is 12.2. The number of carbonyl (C=O) groups excluding carboxylic acids is 2. The molecule has 1 N–H and O–H groups in total. The molecule has 0 radical (unpaired) electrons. The summed E-state index contributed by atoms with van der Waals surface area (Å²) >= 11 is 0. The number of fused-ring (bicyclic) bond motifs is 1. The van der Waals surface area contributed by atoms with Gasteiger partial charge >= 0.3 is 0 Å². The highest BCUT2D eigenvalue weighted by atomic mass is 16.1. The van der Waals surface area contributed by atoms with Crippen LogP contribution >= 0.6 is 0 Å². The molecule has 3 rings (SSSR count). The molecule has 1 aromatic carbocycles. The maximum absolute atomic E-state index is 12.3. The lowest BCUT2D eigenvalue weighted by Crippen LogP contribution is -2.12. The van der Waals surface area contributed by atoms with E-state index in [9.17, 15) is 9.59 Å². The molecule has 1 amide bonds. The predicted molar refractivity (Wildman–Crippen MR) is 82.1 cm³/mol. The van der Waals surface area contributed by atoms with E-state index in [0.29, 0.717) is 22.5 Å². The van der Waals surface area contributed by atoms with Crippen LogP contribution in [0, 0.1) is 6.92 Å². The smallest absolute Gasteiger partial charge is 0.257 e. The number of ketones is 1. The third kappa shape index (κ3) is 2.58. The molecule has 2 aromatic heterocycles. The number of hydrogen-bond donors (Lipinski definition) is 1. The lowest BCUT2D eigenvalue weighted by molar-refractivity contribution is 0.101. The van der Waals surface area contributed by atoms with E-state index in [2.05, 4.69) is 15.5 Å². The molecule has 22 heavy (non-hydrogen) atoms. The standard InChI is InChI=1S/C16H14N4O2/c1-10(21)12-3-6-14(7-4-12)17-16(22)13-5-8-15-19-18-11(2)20(15)9-13/h3-9H,1-2H3,(H,17,22). The van der Waals surface area contributed by atoms with Gasteiger partial charge in [-0.1, -0.05) is 0 Å². The summed E-state index contributed by atoms with van der Waals surface area (Å²) < 4.78 is 1.76. The van der Waals surface area contributed by atoms with Crippen LogP contribution in [-0.4, -0.2) is 26.3 Å². The third-order valence-electron chi connectivity index (χ3n) is 3.38. The van der Waals surface area contributed by atoms with E-state index < -0.39 is 0 Å². The van der Waals surface area contributed by atoms with Crippen molar-refractivity contribution in [3.05, 3.63) is 59.5 Å². The summed E-state index contributed by atoms with van der Waals surface area (Å²) in [6, 6.07) is 10.2. The van der Waals surface area contributed by atoms with Gasteiger partial charge in [0.2, 0.25) is 0 Å². The number of carbonyl (C=O) groups is 2. The molecule has 0 saturated carbocycles. The van der Waals surface area contributed by atoms with E-state index >= 15 is 0 Å². The molecule has 6 heteroatoms. The Bertz CT molecular complexity index is 865.